The van der Waals surface area contributed by atoms with Crippen molar-refractivity contribution in [3.05, 3.63) is 29.8 Å². The number of nitrogens with zero attached hydrogens (tertiary/aromatic N) is 1. The normalized spacial score (nSPS) is 17.8. The summed E-state index contributed by atoms with van der Waals surface area (Å²) in [6.07, 6.45) is 3.44. The van der Waals surface area contributed by atoms with Gasteiger partial charge in [-0.2, -0.15) is 0 Å². The summed E-state index contributed by atoms with van der Waals surface area (Å²) in [6.45, 7) is 8.73. The van der Waals surface area contributed by atoms with E-state index in [0.29, 0.717) is 5.75 Å². The summed E-state index contributed by atoms with van der Waals surface area (Å²) in [4.78, 5) is 2.49. The van der Waals surface area contributed by atoms with Gasteiger partial charge in [0.2, 0.25) is 0 Å². The van der Waals surface area contributed by atoms with Gasteiger partial charge in [-0.25, -0.2) is 0 Å². The Hall–Kier alpha value is -1.10. The zero-order chi connectivity index (χ0) is 14.9. The molecule has 3 N–H and O–H groups in total. The van der Waals surface area contributed by atoms with E-state index in [1.165, 1.54) is 12.8 Å². The maximum atomic E-state index is 10.1. The molecule has 0 aliphatic carbocycles. The second kappa shape index (κ2) is 9.03. The van der Waals surface area contributed by atoms with E-state index in [1.54, 1.807) is 6.07 Å². The molecular weight excluding hydrogens is 262 g/mol. The lowest BCUT2D eigenvalue weighted by atomic mass is 10.00. The van der Waals surface area contributed by atoms with Crippen LogP contribution in [0.4, 0.5) is 0 Å². The highest BCUT2D eigenvalue weighted by atomic mass is 16.3. The number of nitrogens with one attached hydrogen (secondary N) is 2. The Morgan fingerprint density at radius 1 is 1.29 bits per heavy atom. The van der Waals surface area contributed by atoms with Gasteiger partial charge in [-0.15, -0.1) is 0 Å². The topological polar surface area (TPSA) is 47.5 Å². The summed E-state index contributed by atoms with van der Waals surface area (Å²) in [7, 11) is 0. The summed E-state index contributed by atoms with van der Waals surface area (Å²) in [5.41, 5.74) is 1.03. The van der Waals surface area contributed by atoms with Crippen LogP contribution in [0.25, 0.3) is 0 Å². The molecule has 1 fully saturated rings. The minimum atomic E-state index is 0.258. The molecule has 4 nitrogen and oxygen atoms in total. The zero-order valence-corrected chi connectivity index (χ0v) is 13.1. The largest absolute Gasteiger partial charge is 0.508 e. The Morgan fingerprint density at radius 3 is 2.76 bits per heavy atom. The number of phenols is 1. The van der Waals surface area contributed by atoms with E-state index in [1.807, 2.05) is 18.2 Å². The van der Waals surface area contributed by atoms with Crippen molar-refractivity contribution in [2.75, 3.05) is 39.3 Å². The van der Waals surface area contributed by atoms with Gasteiger partial charge in [0.1, 0.15) is 5.75 Å². The third-order valence-corrected chi connectivity index (χ3v) is 4.19. The number of para-hydroxylation sites is 1. The van der Waals surface area contributed by atoms with Crippen LogP contribution in [0.15, 0.2) is 24.3 Å². The number of unbranched alkanes of at least 4 members (excludes halogenated alkanes) is 1. The van der Waals surface area contributed by atoms with Crippen LogP contribution in [0.1, 0.15) is 37.8 Å². The molecular formula is C17H29N3O. The lowest BCUT2D eigenvalue weighted by Gasteiger charge is -2.28. The fraction of sp³-hybridized carbons (Fsp3) is 0.647. The second-order valence-corrected chi connectivity index (χ2v) is 5.80. The molecule has 2 rings (SSSR count). The van der Waals surface area contributed by atoms with Crippen molar-refractivity contribution in [2.24, 2.45) is 0 Å². The molecule has 1 atom stereocenters. The lowest BCUT2D eigenvalue weighted by molar-refractivity contribution is 0.237. The van der Waals surface area contributed by atoms with E-state index in [9.17, 15) is 5.11 Å². The highest BCUT2D eigenvalue weighted by molar-refractivity contribution is 5.34. The number of hydrogen-bond acceptors (Lipinski definition) is 4. The Morgan fingerprint density at radius 2 is 2.05 bits per heavy atom. The van der Waals surface area contributed by atoms with Crippen molar-refractivity contribution in [3.63, 3.8) is 0 Å². The van der Waals surface area contributed by atoms with Crippen LogP contribution in [-0.4, -0.2) is 49.3 Å². The number of aromatic hydroxyl groups is 1. The van der Waals surface area contributed by atoms with Gasteiger partial charge in [-0.05, 0) is 12.5 Å². The van der Waals surface area contributed by atoms with Gasteiger partial charge in [0.05, 0.1) is 0 Å². The van der Waals surface area contributed by atoms with Crippen LogP contribution >= 0.6 is 0 Å². The Labute approximate surface area is 128 Å². The lowest BCUT2D eigenvalue weighted by Crippen LogP contribution is -2.46. The third kappa shape index (κ3) is 5.30. The van der Waals surface area contributed by atoms with Gasteiger partial charge in [0.25, 0.3) is 0 Å². The van der Waals surface area contributed by atoms with Crippen LogP contribution in [0.2, 0.25) is 0 Å². The number of hydrogen-bond donors (Lipinski definition) is 3. The average Bonchev–Trinajstić information content (AvgIpc) is 2.52. The van der Waals surface area contributed by atoms with E-state index in [0.717, 1.165) is 51.3 Å². The first kappa shape index (κ1) is 16.3. The molecule has 0 radical (unpaired) electrons. The maximum Gasteiger partial charge on any atom is 0.120 e. The van der Waals surface area contributed by atoms with Crippen molar-refractivity contribution < 1.29 is 5.11 Å². The quantitative estimate of drug-likeness (QED) is 0.686. The summed E-state index contributed by atoms with van der Waals surface area (Å²) in [5.74, 6) is 0.410. The fourth-order valence-electron chi connectivity index (χ4n) is 2.89. The highest BCUT2D eigenvalue weighted by Crippen LogP contribution is 2.27. The molecule has 0 amide bonds. The summed E-state index contributed by atoms with van der Waals surface area (Å²) < 4.78 is 0. The Balaban J connectivity index is 1.85. The summed E-state index contributed by atoms with van der Waals surface area (Å²) in [6, 6.07) is 7.97. The minimum Gasteiger partial charge on any atom is -0.508 e. The third-order valence-electron chi connectivity index (χ3n) is 4.19. The summed E-state index contributed by atoms with van der Waals surface area (Å²) in [5, 5.41) is 17.1. The molecule has 118 valence electrons. The Bertz CT molecular complexity index is 405. The first-order chi connectivity index (χ1) is 10.3. The van der Waals surface area contributed by atoms with Crippen molar-refractivity contribution >= 4 is 0 Å². The predicted molar refractivity (Wildman–Crippen MR) is 87.7 cm³/mol. The van der Waals surface area contributed by atoms with Crippen molar-refractivity contribution in [2.45, 2.75) is 32.2 Å². The van der Waals surface area contributed by atoms with E-state index in [4.69, 9.17) is 0 Å². The monoisotopic (exact) mass is 291 g/mol. The molecule has 1 aliphatic rings. The smallest absolute Gasteiger partial charge is 0.120 e. The standard InChI is InChI=1S/C17H29N3O/c1-2-3-7-16(15-6-4-5-8-17(15)21)19-11-14-20-12-9-18-10-13-20/h4-6,8,16,18-19,21H,2-3,7,9-14H2,1H3. The molecule has 0 aromatic heterocycles. The first-order valence-electron chi connectivity index (χ1n) is 8.25. The zero-order valence-electron chi connectivity index (χ0n) is 13.1. The van der Waals surface area contributed by atoms with E-state index >= 15 is 0 Å². The number of benzene rings is 1. The van der Waals surface area contributed by atoms with Gasteiger partial charge in [-0.1, -0.05) is 38.0 Å². The Kier molecular flexibility index (Phi) is 7.00. The molecule has 0 spiro atoms. The van der Waals surface area contributed by atoms with Gasteiger partial charge < -0.3 is 15.7 Å². The highest BCUT2D eigenvalue weighted by Gasteiger charge is 2.15. The van der Waals surface area contributed by atoms with Crippen LogP contribution in [0.3, 0.4) is 0 Å². The molecule has 0 bridgehead atoms. The molecule has 1 saturated heterocycles. The van der Waals surface area contributed by atoms with Gasteiger partial charge in [-0.3, -0.25) is 4.90 Å². The summed E-state index contributed by atoms with van der Waals surface area (Å²) >= 11 is 0. The molecule has 0 saturated carbocycles. The van der Waals surface area contributed by atoms with Crippen LogP contribution in [0.5, 0.6) is 5.75 Å². The SMILES string of the molecule is CCCCC(NCCN1CCNCC1)c1ccccc1O. The van der Waals surface area contributed by atoms with Crippen molar-refractivity contribution in [1.82, 2.24) is 15.5 Å². The number of phenolic OH excluding ortho intramolecular Hbond substituents is 1. The van der Waals surface area contributed by atoms with Crippen molar-refractivity contribution in [1.29, 1.82) is 0 Å². The molecule has 1 aromatic rings. The van der Waals surface area contributed by atoms with Crippen LogP contribution in [0, 0.1) is 0 Å². The predicted octanol–water partition coefficient (Wildman–Crippen LogP) is 2.12. The van der Waals surface area contributed by atoms with Gasteiger partial charge >= 0.3 is 0 Å². The van der Waals surface area contributed by atoms with E-state index in [2.05, 4.69) is 22.5 Å². The maximum absolute atomic E-state index is 10.1. The fourth-order valence-corrected chi connectivity index (χ4v) is 2.89. The van der Waals surface area contributed by atoms with Gasteiger partial charge in [0.15, 0.2) is 0 Å². The molecule has 4 heteroatoms. The van der Waals surface area contributed by atoms with Gasteiger partial charge in [0, 0.05) is 50.9 Å². The molecule has 21 heavy (non-hydrogen) atoms. The van der Waals surface area contributed by atoms with E-state index in [-0.39, 0.29) is 6.04 Å². The van der Waals surface area contributed by atoms with Crippen LogP contribution in [-0.2, 0) is 0 Å². The van der Waals surface area contributed by atoms with Crippen molar-refractivity contribution in [3.8, 4) is 5.75 Å². The van der Waals surface area contributed by atoms with E-state index < -0.39 is 0 Å². The van der Waals surface area contributed by atoms with Crippen LogP contribution < -0.4 is 10.6 Å². The molecule has 1 aliphatic heterocycles. The molecule has 1 unspecified atom stereocenters. The first-order valence-corrected chi connectivity index (χ1v) is 8.25. The minimum absolute atomic E-state index is 0.258. The molecule has 1 heterocycles. The number of rotatable bonds is 8. The average molecular weight is 291 g/mol. The second-order valence-electron chi connectivity index (χ2n) is 5.80. The molecule has 1 aromatic carbocycles. The number of piperazine rings is 1.